The quantitative estimate of drug-likeness (QED) is 0.897. The molecule has 1 heterocycles. The molecule has 18 heavy (non-hydrogen) atoms. The van der Waals surface area contributed by atoms with Gasteiger partial charge in [-0.05, 0) is 26.7 Å². The van der Waals surface area contributed by atoms with Crippen molar-refractivity contribution in [1.29, 1.82) is 0 Å². The fourth-order valence-corrected chi connectivity index (χ4v) is 2.15. The molecule has 1 unspecified atom stereocenters. The first-order chi connectivity index (χ1) is 8.37. The molecule has 1 aromatic rings. The lowest BCUT2D eigenvalue weighted by Crippen LogP contribution is -2.25. The van der Waals surface area contributed by atoms with Gasteiger partial charge in [-0.15, -0.1) is 0 Å². The summed E-state index contributed by atoms with van der Waals surface area (Å²) < 4.78 is 45.1. The van der Waals surface area contributed by atoms with Crippen molar-refractivity contribution in [1.82, 2.24) is 0 Å². The number of ether oxygens (including phenoxy) is 1. The van der Waals surface area contributed by atoms with Gasteiger partial charge >= 0.3 is 0 Å². The maximum Gasteiger partial charge on any atom is 0.152 e. The summed E-state index contributed by atoms with van der Waals surface area (Å²) in [7, 11) is 0. The Morgan fingerprint density at radius 2 is 1.89 bits per heavy atom. The average Bonchev–Trinajstić information content (AvgIpc) is 2.56. The highest BCUT2D eigenvalue weighted by molar-refractivity contribution is 5.46. The van der Waals surface area contributed by atoms with Crippen molar-refractivity contribution in [3.8, 4) is 0 Å². The van der Waals surface area contributed by atoms with E-state index in [-0.39, 0.29) is 17.4 Å². The molecule has 0 spiro atoms. The van der Waals surface area contributed by atoms with Gasteiger partial charge in [-0.1, -0.05) is 0 Å². The zero-order valence-corrected chi connectivity index (χ0v) is 10.4. The molecule has 1 N–H and O–H groups in total. The summed E-state index contributed by atoms with van der Waals surface area (Å²) in [6.07, 6.45) is 1.67. The number of anilines is 1. The maximum atomic E-state index is 13.4. The van der Waals surface area contributed by atoms with E-state index < -0.39 is 17.5 Å². The van der Waals surface area contributed by atoms with E-state index in [4.69, 9.17) is 4.74 Å². The number of hydrogen-bond acceptors (Lipinski definition) is 2. The van der Waals surface area contributed by atoms with Gasteiger partial charge in [0.25, 0.3) is 0 Å². The third-order valence-corrected chi connectivity index (χ3v) is 3.07. The van der Waals surface area contributed by atoms with Crippen molar-refractivity contribution in [3.05, 3.63) is 29.6 Å². The van der Waals surface area contributed by atoms with Gasteiger partial charge in [0.05, 0.1) is 11.7 Å². The van der Waals surface area contributed by atoms with E-state index in [0.29, 0.717) is 18.7 Å². The maximum absolute atomic E-state index is 13.4. The fourth-order valence-electron chi connectivity index (χ4n) is 2.15. The van der Waals surface area contributed by atoms with Crippen molar-refractivity contribution in [2.45, 2.75) is 38.4 Å². The zero-order valence-electron chi connectivity index (χ0n) is 10.4. The summed E-state index contributed by atoms with van der Waals surface area (Å²) in [5, 5.41) is 2.65. The van der Waals surface area contributed by atoms with Gasteiger partial charge in [0.1, 0.15) is 11.5 Å². The van der Waals surface area contributed by atoms with Crippen LogP contribution in [0.1, 0.15) is 26.7 Å². The third kappa shape index (κ3) is 2.96. The van der Waals surface area contributed by atoms with Gasteiger partial charge in [-0.2, -0.15) is 0 Å². The predicted molar refractivity (Wildman–Crippen MR) is 63.0 cm³/mol. The van der Waals surface area contributed by atoms with Crippen LogP contribution in [0.2, 0.25) is 0 Å². The Balaban J connectivity index is 1.99. The van der Waals surface area contributed by atoms with Crippen molar-refractivity contribution >= 4 is 5.69 Å². The summed E-state index contributed by atoms with van der Waals surface area (Å²) >= 11 is 0. The standard InChI is InChI=1S/C13H16F3NO/c1-13(2)4-3-9(18-13)7-17-12-10(15)5-8(14)6-11(12)16/h5-6,9,17H,3-4,7H2,1-2H3. The first-order valence-electron chi connectivity index (χ1n) is 5.94. The topological polar surface area (TPSA) is 21.3 Å². The Hall–Kier alpha value is -1.23. The summed E-state index contributed by atoms with van der Waals surface area (Å²) in [5.41, 5.74) is -0.489. The molecule has 100 valence electrons. The normalized spacial score (nSPS) is 22.2. The Bertz CT molecular complexity index is 425. The fraction of sp³-hybridized carbons (Fsp3) is 0.538. The van der Waals surface area contributed by atoms with Crippen LogP contribution in [0.15, 0.2) is 12.1 Å². The van der Waals surface area contributed by atoms with Crippen LogP contribution in [-0.2, 0) is 4.74 Å². The molecule has 2 nitrogen and oxygen atoms in total. The van der Waals surface area contributed by atoms with E-state index in [9.17, 15) is 13.2 Å². The molecular formula is C13H16F3NO. The highest BCUT2D eigenvalue weighted by Crippen LogP contribution is 2.30. The van der Waals surface area contributed by atoms with E-state index >= 15 is 0 Å². The van der Waals surface area contributed by atoms with Crippen LogP contribution >= 0.6 is 0 Å². The van der Waals surface area contributed by atoms with E-state index in [1.54, 1.807) is 0 Å². The van der Waals surface area contributed by atoms with Crippen LogP contribution in [0, 0.1) is 17.5 Å². The number of nitrogens with one attached hydrogen (secondary N) is 1. The second-order valence-corrected chi connectivity index (χ2v) is 5.16. The first-order valence-corrected chi connectivity index (χ1v) is 5.94. The molecule has 2 rings (SSSR count). The Labute approximate surface area is 104 Å². The second kappa shape index (κ2) is 4.80. The highest BCUT2D eigenvalue weighted by Gasteiger charge is 2.31. The lowest BCUT2D eigenvalue weighted by atomic mass is 10.1. The van der Waals surface area contributed by atoms with Crippen molar-refractivity contribution in [2.24, 2.45) is 0 Å². The van der Waals surface area contributed by atoms with Crippen LogP contribution in [0.25, 0.3) is 0 Å². The lowest BCUT2D eigenvalue weighted by molar-refractivity contribution is -0.00914. The van der Waals surface area contributed by atoms with Gasteiger partial charge in [0, 0.05) is 18.7 Å². The molecule has 0 saturated carbocycles. The van der Waals surface area contributed by atoms with Gasteiger partial charge < -0.3 is 10.1 Å². The Morgan fingerprint density at radius 3 is 2.39 bits per heavy atom. The van der Waals surface area contributed by atoms with Gasteiger partial charge in [-0.25, -0.2) is 13.2 Å². The second-order valence-electron chi connectivity index (χ2n) is 5.16. The summed E-state index contributed by atoms with van der Waals surface area (Å²) in [6, 6.07) is 1.32. The lowest BCUT2D eigenvalue weighted by Gasteiger charge is -2.20. The number of hydrogen-bond donors (Lipinski definition) is 1. The van der Waals surface area contributed by atoms with Crippen LogP contribution in [0.3, 0.4) is 0 Å². The van der Waals surface area contributed by atoms with Crippen LogP contribution < -0.4 is 5.32 Å². The molecule has 1 aliphatic rings. The van der Waals surface area contributed by atoms with E-state index in [1.165, 1.54) is 0 Å². The molecular weight excluding hydrogens is 243 g/mol. The van der Waals surface area contributed by atoms with Gasteiger partial charge in [0.15, 0.2) is 11.6 Å². The smallest absolute Gasteiger partial charge is 0.152 e. The summed E-state index contributed by atoms with van der Waals surface area (Å²) in [4.78, 5) is 0. The predicted octanol–water partition coefficient (Wildman–Crippen LogP) is 3.47. The van der Waals surface area contributed by atoms with E-state index in [1.807, 2.05) is 13.8 Å². The molecule has 0 aliphatic carbocycles. The summed E-state index contributed by atoms with van der Waals surface area (Å²) in [6.45, 7) is 4.26. The molecule has 1 saturated heterocycles. The van der Waals surface area contributed by atoms with Crippen molar-refractivity contribution in [3.63, 3.8) is 0 Å². The monoisotopic (exact) mass is 259 g/mol. The van der Waals surface area contributed by atoms with Crippen molar-refractivity contribution in [2.75, 3.05) is 11.9 Å². The number of rotatable bonds is 3. The largest absolute Gasteiger partial charge is 0.378 e. The Kier molecular flexibility index (Phi) is 3.52. The number of benzene rings is 1. The third-order valence-electron chi connectivity index (χ3n) is 3.07. The molecule has 1 atom stereocenters. The van der Waals surface area contributed by atoms with Gasteiger partial charge in [0.2, 0.25) is 0 Å². The molecule has 5 heteroatoms. The minimum absolute atomic E-state index is 0.0798. The highest BCUT2D eigenvalue weighted by atomic mass is 19.1. The molecule has 0 bridgehead atoms. The van der Waals surface area contributed by atoms with E-state index in [0.717, 1.165) is 12.8 Å². The molecule has 0 radical (unpaired) electrons. The number of halogens is 3. The van der Waals surface area contributed by atoms with Crippen LogP contribution in [0.4, 0.5) is 18.9 Å². The summed E-state index contributed by atoms with van der Waals surface area (Å²) in [5.74, 6) is -2.77. The van der Waals surface area contributed by atoms with Crippen molar-refractivity contribution < 1.29 is 17.9 Å². The SMILES string of the molecule is CC1(C)CCC(CNc2c(F)cc(F)cc2F)O1. The molecule has 0 amide bonds. The molecule has 1 aliphatic heterocycles. The average molecular weight is 259 g/mol. The van der Waals surface area contributed by atoms with Crippen LogP contribution in [0.5, 0.6) is 0 Å². The Morgan fingerprint density at radius 1 is 1.28 bits per heavy atom. The molecule has 0 aromatic heterocycles. The zero-order chi connectivity index (χ0) is 13.3. The molecule has 1 aromatic carbocycles. The minimum Gasteiger partial charge on any atom is -0.378 e. The first kappa shape index (κ1) is 13.2. The van der Waals surface area contributed by atoms with Gasteiger partial charge in [-0.3, -0.25) is 0 Å². The minimum atomic E-state index is -0.926. The van der Waals surface area contributed by atoms with Crippen LogP contribution in [-0.4, -0.2) is 18.2 Å². The van der Waals surface area contributed by atoms with E-state index in [2.05, 4.69) is 5.32 Å². The molecule has 1 fully saturated rings.